The molecule has 0 bridgehead atoms. The fourth-order valence-corrected chi connectivity index (χ4v) is 4.08. The molecule has 114 valence electrons. The number of nitriles is 1. The first-order chi connectivity index (χ1) is 9.99. The van der Waals surface area contributed by atoms with Crippen LogP contribution in [0.15, 0.2) is 0 Å². The summed E-state index contributed by atoms with van der Waals surface area (Å²) in [7, 11) is 0. The third-order valence-corrected chi connectivity index (χ3v) is 5.45. The van der Waals surface area contributed by atoms with Gasteiger partial charge in [0, 0.05) is 19.0 Å². The van der Waals surface area contributed by atoms with Crippen LogP contribution < -0.4 is 10.6 Å². The predicted molar refractivity (Wildman–Crippen MR) is 87.8 cm³/mol. The van der Waals surface area contributed by atoms with Gasteiger partial charge >= 0.3 is 0 Å². The summed E-state index contributed by atoms with van der Waals surface area (Å²) >= 11 is 1.40. The number of piperidine rings is 1. The molecule has 0 radical (unpaired) electrons. The van der Waals surface area contributed by atoms with Gasteiger partial charge in [0.05, 0.1) is 10.6 Å². The quantitative estimate of drug-likeness (QED) is 0.862. The Kier molecular flexibility index (Phi) is 4.89. The second-order valence-corrected chi connectivity index (χ2v) is 7.02. The maximum absolute atomic E-state index is 12.3. The molecule has 2 heterocycles. The molecular formula is C16H23N3OS. The molecule has 2 rings (SSSR count). The van der Waals surface area contributed by atoms with E-state index in [1.54, 1.807) is 0 Å². The maximum Gasteiger partial charge on any atom is 0.177 e. The van der Waals surface area contributed by atoms with E-state index in [0.717, 1.165) is 30.9 Å². The second-order valence-electron chi connectivity index (χ2n) is 6.02. The van der Waals surface area contributed by atoms with Gasteiger partial charge in [0.1, 0.15) is 16.6 Å². The van der Waals surface area contributed by atoms with Crippen LogP contribution in [0.25, 0.3) is 0 Å². The smallest absolute Gasteiger partial charge is 0.177 e. The first kappa shape index (κ1) is 15.8. The number of carbonyl (C=O) groups is 1. The van der Waals surface area contributed by atoms with Gasteiger partial charge < -0.3 is 10.6 Å². The molecule has 1 fully saturated rings. The van der Waals surface area contributed by atoms with Crippen LogP contribution >= 0.6 is 11.3 Å². The van der Waals surface area contributed by atoms with E-state index < -0.39 is 0 Å². The summed E-state index contributed by atoms with van der Waals surface area (Å²) in [5, 5.41) is 10.3. The highest BCUT2D eigenvalue weighted by Crippen LogP contribution is 2.40. The normalized spacial score (nSPS) is 18.8. The molecule has 0 aliphatic carbocycles. The molecule has 5 heteroatoms. The monoisotopic (exact) mass is 305 g/mol. The average Bonchev–Trinajstić information content (AvgIpc) is 2.83. The van der Waals surface area contributed by atoms with E-state index in [9.17, 15) is 10.1 Å². The summed E-state index contributed by atoms with van der Waals surface area (Å²) in [6.45, 7) is 7.83. The highest BCUT2D eigenvalue weighted by atomic mass is 32.1. The number of nitrogens with two attached hydrogens (primary N) is 1. The van der Waals surface area contributed by atoms with Gasteiger partial charge in [0.25, 0.3) is 0 Å². The Morgan fingerprint density at radius 3 is 2.86 bits per heavy atom. The molecule has 1 unspecified atom stereocenters. The van der Waals surface area contributed by atoms with Gasteiger partial charge in [-0.2, -0.15) is 5.26 Å². The van der Waals surface area contributed by atoms with Gasteiger partial charge in [0.15, 0.2) is 5.78 Å². The standard InChI is InChI=1S/C16H23N3OS/c1-4-11-6-5-7-19(9-11)16-12(8-17)13(18)15(21-16)14(20)10(2)3/h10-11H,4-7,9,18H2,1-3H3. The third-order valence-electron chi connectivity index (χ3n) is 4.17. The van der Waals surface area contributed by atoms with E-state index in [1.165, 1.54) is 17.8 Å². The fraction of sp³-hybridized carbons (Fsp3) is 0.625. The van der Waals surface area contributed by atoms with Crippen molar-refractivity contribution >= 4 is 27.8 Å². The minimum absolute atomic E-state index is 0.0318. The Bertz CT molecular complexity index is 571. The first-order valence-electron chi connectivity index (χ1n) is 7.61. The van der Waals surface area contributed by atoms with Gasteiger partial charge in [0.2, 0.25) is 0 Å². The van der Waals surface area contributed by atoms with Crippen molar-refractivity contribution < 1.29 is 4.79 Å². The van der Waals surface area contributed by atoms with E-state index in [0.29, 0.717) is 22.0 Å². The summed E-state index contributed by atoms with van der Waals surface area (Å²) in [6, 6.07) is 2.20. The molecule has 0 amide bonds. The lowest BCUT2D eigenvalue weighted by Crippen LogP contribution is -2.35. The minimum atomic E-state index is -0.102. The lowest BCUT2D eigenvalue weighted by Gasteiger charge is -2.33. The van der Waals surface area contributed by atoms with Gasteiger partial charge in [-0.15, -0.1) is 11.3 Å². The molecule has 0 spiro atoms. The number of Topliss-reactive ketones (excluding diaryl/α,β-unsaturated/α-hetero) is 1. The highest BCUT2D eigenvalue weighted by Gasteiger charge is 2.28. The van der Waals surface area contributed by atoms with Crippen LogP contribution in [0.1, 0.15) is 55.3 Å². The Morgan fingerprint density at radius 1 is 1.57 bits per heavy atom. The van der Waals surface area contributed by atoms with Gasteiger partial charge in [-0.05, 0) is 18.8 Å². The summed E-state index contributed by atoms with van der Waals surface area (Å²) in [5.41, 5.74) is 6.92. The number of anilines is 2. The number of nitrogen functional groups attached to an aromatic ring is 1. The van der Waals surface area contributed by atoms with Crippen molar-refractivity contribution in [1.29, 1.82) is 5.26 Å². The zero-order valence-corrected chi connectivity index (χ0v) is 13.8. The van der Waals surface area contributed by atoms with Crippen molar-refractivity contribution in [3.8, 4) is 6.07 Å². The number of carbonyl (C=O) groups excluding carboxylic acids is 1. The SMILES string of the molecule is CCC1CCCN(c2sc(C(=O)C(C)C)c(N)c2C#N)C1. The van der Waals surface area contributed by atoms with Crippen LogP contribution in [-0.4, -0.2) is 18.9 Å². The molecule has 21 heavy (non-hydrogen) atoms. The van der Waals surface area contributed by atoms with Crippen molar-refractivity contribution in [3.05, 3.63) is 10.4 Å². The molecule has 1 aromatic rings. The van der Waals surface area contributed by atoms with Crippen molar-refractivity contribution in [2.45, 2.75) is 40.0 Å². The van der Waals surface area contributed by atoms with Crippen molar-refractivity contribution in [1.82, 2.24) is 0 Å². The van der Waals surface area contributed by atoms with E-state index in [2.05, 4.69) is 17.9 Å². The van der Waals surface area contributed by atoms with Crippen LogP contribution in [0.4, 0.5) is 10.7 Å². The molecule has 1 saturated heterocycles. The van der Waals surface area contributed by atoms with Crippen molar-refractivity contribution in [2.24, 2.45) is 11.8 Å². The zero-order chi connectivity index (χ0) is 15.6. The number of rotatable bonds is 4. The van der Waals surface area contributed by atoms with Crippen LogP contribution in [0, 0.1) is 23.2 Å². The topological polar surface area (TPSA) is 70.1 Å². The van der Waals surface area contributed by atoms with Crippen molar-refractivity contribution in [2.75, 3.05) is 23.7 Å². The van der Waals surface area contributed by atoms with Crippen LogP contribution in [0.2, 0.25) is 0 Å². The van der Waals surface area contributed by atoms with E-state index in [-0.39, 0.29) is 11.7 Å². The summed E-state index contributed by atoms with van der Waals surface area (Å²) in [4.78, 5) is 15.0. The Morgan fingerprint density at radius 2 is 2.29 bits per heavy atom. The second kappa shape index (κ2) is 6.48. The summed E-state index contributed by atoms with van der Waals surface area (Å²) in [5.74, 6) is 0.595. The molecule has 0 aromatic carbocycles. The van der Waals surface area contributed by atoms with E-state index >= 15 is 0 Å². The minimum Gasteiger partial charge on any atom is -0.396 e. The van der Waals surface area contributed by atoms with E-state index in [4.69, 9.17) is 5.73 Å². The molecular weight excluding hydrogens is 282 g/mol. The average molecular weight is 305 g/mol. The number of hydrogen-bond donors (Lipinski definition) is 1. The van der Waals surface area contributed by atoms with Crippen LogP contribution in [-0.2, 0) is 0 Å². The molecule has 1 atom stereocenters. The number of nitrogens with zero attached hydrogens (tertiary/aromatic N) is 2. The summed E-state index contributed by atoms with van der Waals surface area (Å²) < 4.78 is 0. The van der Waals surface area contributed by atoms with Gasteiger partial charge in [-0.3, -0.25) is 4.79 Å². The van der Waals surface area contributed by atoms with Crippen LogP contribution in [0.5, 0.6) is 0 Å². The lowest BCUT2D eigenvalue weighted by atomic mass is 9.95. The lowest BCUT2D eigenvalue weighted by molar-refractivity contribution is 0.0944. The molecule has 1 aliphatic rings. The molecule has 1 aromatic heterocycles. The zero-order valence-electron chi connectivity index (χ0n) is 13.0. The van der Waals surface area contributed by atoms with Gasteiger partial charge in [-0.1, -0.05) is 27.2 Å². The first-order valence-corrected chi connectivity index (χ1v) is 8.42. The molecule has 4 nitrogen and oxygen atoms in total. The third kappa shape index (κ3) is 3.06. The van der Waals surface area contributed by atoms with E-state index in [1.807, 2.05) is 13.8 Å². The highest BCUT2D eigenvalue weighted by molar-refractivity contribution is 7.19. The van der Waals surface area contributed by atoms with Crippen molar-refractivity contribution in [3.63, 3.8) is 0 Å². The fourth-order valence-electron chi connectivity index (χ4n) is 2.79. The summed E-state index contributed by atoms with van der Waals surface area (Å²) in [6.07, 6.45) is 3.53. The molecule has 1 aliphatic heterocycles. The molecule has 2 N–H and O–H groups in total. The number of thiophene rings is 1. The largest absolute Gasteiger partial charge is 0.396 e. The predicted octanol–water partition coefficient (Wildman–Crippen LogP) is 3.67. The Balaban J connectivity index is 2.38. The van der Waals surface area contributed by atoms with Gasteiger partial charge in [-0.25, -0.2) is 0 Å². The number of ketones is 1. The van der Waals surface area contributed by atoms with Crippen LogP contribution in [0.3, 0.4) is 0 Å². The Labute approximate surface area is 130 Å². The number of hydrogen-bond acceptors (Lipinski definition) is 5. The maximum atomic E-state index is 12.3. The Hall–Kier alpha value is -1.54. The molecule has 0 saturated carbocycles.